The zero-order valence-corrected chi connectivity index (χ0v) is 14.1. The van der Waals surface area contributed by atoms with Crippen LogP contribution < -0.4 is 15.4 Å². The number of carbonyl (C=O) groups excluding carboxylic acids is 3. The Bertz CT molecular complexity index is 868. The lowest BCUT2D eigenvalue weighted by Gasteiger charge is -2.13. The van der Waals surface area contributed by atoms with E-state index in [1.807, 2.05) is 0 Å². The number of amides is 2. The van der Waals surface area contributed by atoms with E-state index in [1.165, 1.54) is 38.1 Å². The molecule has 2 amide bonds. The number of carbonyl (C=O) groups is 3. The molecule has 2 aromatic carbocycles. The van der Waals surface area contributed by atoms with Gasteiger partial charge in [-0.2, -0.15) is 0 Å². The first-order valence-corrected chi connectivity index (χ1v) is 7.56. The highest BCUT2D eigenvalue weighted by Crippen LogP contribution is 2.26. The molecule has 0 unspecified atom stereocenters. The van der Waals surface area contributed by atoms with Gasteiger partial charge in [0.15, 0.2) is 24.0 Å². The normalized spacial score (nSPS) is 10.2. The molecule has 0 saturated carbocycles. The van der Waals surface area contributed by atoms with Crippen LogP contribution in [0.25, 0.3) is 0 Å². The van der Waals surface area contributed by atoms with Gasteiger partial charge >= 0.3 is 0 Å². The van der Waals surface area contributed by atoms with Crippen LogP contribution in [0.3, 0.4) is 0 Å². The summed E-state index contributed by atoms with van der Waals surface area (Å²) < 4.78 is 31.4. The Balaban J connectivity index is 2.09. The standard InChI is InChI=1S/C18H16F2N2O4/c1-10(23)12-3-6-16(21-11(2)24)17(7-12)26-9-18(25)22-13-4-5-14(19)15(20)8-13/h3-8H,9H2,1-2H3,(H,21,24)(H,22,25). The topological polar surface area (TPSA) is 84.5 Å². The van der Waals surface area contributed by atoms with Crippen LogP contribution in [0.2, 0.25) is 0 Å². The average Bonchev–Trinajstić information content (AvgIpc) is 2.56. The second kappa shape index (κ2) is 8.19. The zero-order chi connectivity index (χ0) is 19.3. The smallest absolute Gasteiger partial charge is 0.262 e. The molecule has 0 aliphatic rings. The zero-order valence-electron chi connectivity index (χ0n) is 14.1. The first-order valence-electron chi connectivity index (χ1n) is 7.56. The predicted molar refractivity (Wildman–Crippen MR) is 91.2 cm³/mol. The van der Waals surface area contributed by atoms with Crippen molar-refractivity contribution in [2.24, 2.45) is 0 Å². The minimum absolute atomic E-state index is 0.0667. The van der Waals surface area contributed by atoms with E-state index in [0.717, 1.165) is 12.1 Å². The quantitative estimate of drug-likeness (QED) is 0.773. The van der Waals surface area contributed by atoms with Gasteiger partial charge in [-0.25, -0.2) is 8.78 Å². The number of rotatable bonds is 6. The third kappa shape index (κ3) is 5.10. The SMILES string of the molecule is CC(=O)Nc1ccc(C(C)=O)cc1OCC(=O)Nc1ccc(F)c(F)c1. The lowest BCUT2D eigenvalue weighted by molar-refractivity contribution is -0.118. The molecular formula is C18H16F2N2O4. The Morgan fingerprint density at radius 3 is 2.31 bits per heavy atom. The molecule has 6 nitrogen and oxygen atoms in total. The molecule has 0 radical (unpaired) electrons. The molecule has 0 bridgehead atoms. The molecule has 0 heterocycles. The van der Waals surface area contributed by atoms with E-state index in [4.69, 9.17) is 4.74 Å². The number of anilines is 2. The molecule has 8 heteroatoms. The molecule has 0 aliphatic heterocycles. The maximum Gasteiger partial charge on any atom is 0.262 e. The van der Waals surface area contributed by atoms with Crippen molar-refractivity contribution >= 4 is 29.0 Å². The number of hydrogen-bond donors (Lipinski definition) is 2. The van der Waals surface area contributed by atoms with E-state index >= 15 is 0 Å². The van der Waals surface area contributed by atoms with Crippen LogP contribution in [0.1, 0.15) is 24.2 Å². The van der Waals surface area contributed by atoms with Gasteiger partial charge in [-0.1, -0.05) is 0 Å². The summed E-state index contributed by atoms with van der Waals surface area (Å²) >= 11 is 0. The highest BCUT2D eigenvalue weighted by Gasteiger charge is 2.12. The number of nitrogens with one attached hydrogen (secondary N) is 2. The van der Waals surface area contributed by atoms with Crippen LogP contribution in [0.4, 0.5) is 20.2 Å². The summed E-state index contributed by atoms with van der Waals surface area (Å²) in [6, 6.07) is 7.33. The Kier molecular flexibility index (Phi) is 6.00. The number of halogens is 2. The third-order valence-electron chi connectivity index (χ3n) is 3.26. The van der Waals surface area contributed by atoms with Gasteiger partial charge in [-0.3, -0.25) is 14.4 Å². The molecule has 2 rings (SSSR count). The van der Waals surface area contributed by atoms with Crippen LogP contribution in [0.5, 0.6) is 5.75 Å². The van der Waals surface area contributed by atoms with Gasteiger partial charge in [0.2, 0.25) is 5.91 Å². The number of Topliss-reactive ketones (excluding diaryl/α,β-unsaturated/α-hetero) is 1. The first-order chi connectivity index (χ1) is 12.3. The summed E-state index contributed by atoms with van der Waals surface area (Å²) in [4.78, 5) is 34.7. The van der Waals surface area contributed by atoms with E-state index in [-0.39, 0.29) is 23.1 Å². The molecule has 136 valence electrons. The fraction of sp³-hybridized carbons (Fsp3) is 0.167. The Hall–Kier alpha value is -3.29. The second-order valence-corrected chi connectivity index (χ2v) is 5.41. The van der Waals surface area contributed by atoms with E-state index in [9.17, 15) is 23.2 Å². The van der Waals surface area contributed by atoms with Gasteiger partial charge in [-0.05, 0) is 37.3 Å². The van der Waals surface area contributed by atoms with Gasteiger partial charge in [0, 0.05) is 24.2 Å². The van der Waals surface area contributed by atoms with Gasteiger partial charge in [0.25, 0.3) is 5.91 Å². The van der Waals surface area contributed by atoms with Crippen molar-refractivity contribution in [2.75, 3.05) is 17.2 Å². The average molecular weight is 362 g/mol. The summed E-state index contributed by atoms with van der Waals surface area (Å²) in [6.07, 6.45) is 0. The van der Waals surface area contributed by atoms with Crippen molar-refractivity contribution in [2.45, 2.75) is 13.8 Å². The molecule has 0 saturated heterocycles. The fourth-order valence-electron chi connectivity index (χ4n) is 2.07. The van der Waals surface area contributed by atoms with E-state index in [1.54, 1.807) is 0 Å². The molecule has 2 aromatic rings. The molecule has 0 spiro atoms. The Morgan fingerprint density at radius 1 is 0.962 bits per heavy atom. The first kappa shape index (κ1) is 19.0. The molecule has 0 aromatic heterocycles. The Labute approximate surface area is 148 Å². The summed E-state index contributed by atoms with van der Waals surface area (Å²) in [5, 5.41) is 4.88. The number of ketones is 1. The van der Waals surface area contributed by atoms with Crippen molar-refractivity contribution in [1.29, 1.82) is 0 Å². The van der Waals surface area contributed by atoms with Crippen molar-refractivity contribution in [3.63, 3.8) is 0 Å². The summed E-state index contributed by atoms with van der Waals surface area (Å²) in [6.45, 7) is 2.21. The predicted octanol–water partition coefficient (Wildman–Crippen LogP) is 3.14. The largest absolute Gasteiger partial charge is 0.482 e. The van der Waals surface area contributed by atoms with Crippen LogP contribution in [0, 0.1) is 11.6 Å². The summed E-state index contributed by atoms with van der Waals surface area (Å²) in [5.41, 5.74) is 0.704. The summed E-state index contributed by atoms with van der Waals surface area (Å²) in [7, 11) is 0. The monoisotopic (exact) mass is 362 g/mol. The van der Waals surface area contributed by atoms with E-state index < -0.39 is 24.1 Å². The van der Waals surface area contributed by atoms with Crippen LogP contribution in [0.15, 0.2) is 36.4 Å². The van der Waals surface area contributed by atoms with Crippen molar-refractivity contribution < 1.29 is 27.9 Å². The lowest BCUT2D eigenvalue weighted by Crippen LogP contribution is -2.21. The minimum Gasteiger partial charge on any atom is -0.482 e. The molecule has 0 fully saturated rings. The summed E-state index contributed by atoms with van der Waals surface area (Å²) in [5.74, 6) is -3.18. The van der Waals surface area contributed by atoms with Crippen molar-refractivity contribution in [3.05, 3.63) is 53.6 Å². The maximum atomic E-state index is 13.1. The molecule has 26 heavy (non-hydrogen) atoms. The maximum absolute atomic E-state index is 13.1. The minimum atomic E-state index is -1.09. The highest BCUT2D eigenvalue weighted by molar-refractivity contribution is 5.97. The highest BCUT2D eigenvalue weighted by atomic mass is 19.2. The lowest BCUT2D eigenvalue weighted by atomic mass is 10.1. The number of benzene rings is 2. The van der Waals surface area contributed by atoms with E-state index in [2.05, 4.69) is 10.6 Å². The molecule has 0 aliphatic carbocycles. The van der Waals surface area contributed by atoms with E-state index in [0.29, 0.717) is 11.3 Å². The third-order valence-corrected chi connectivity index (χ3v) is 3.26. The second-order valence-electron chi connectivity index (χ2n) is 5.41. The fourth-order valence-corrected chi connectivity index (χ4v) is 2.07. The van der Waals surface area contributed by atoms with Gasteiger partial charge in [0.1, 0.15) is 5.75 Å². The van der Waals surface area contributed by atoms with Gasteiger partial charge < -0.3 is 15.4 Å². The molecular weight excluding hydrogens is 346 g/mol. The Morgan fingerprint density at radius 2 is 1.69 bits per heavy atom. The molecule has 0 atom stereocenters. The van der Waals surface area contributed by atoms with Gasteiger partial charge in [-0.15, -0.1) is 0 Å². The van der Waals surface area contributed by atoms with Crippen LogP contribution in [-0.4, -0.2) is 24.2 Å². The number of ether oxygens (including phenoxy) is 1. The van der Waals surface area contributed by atoms with Crippen LogP contribution >= 0.6 is 0 Å². The van der Waals surface area contributed by atoms with Crippen LogP contribution in [-0.2, 0) is 9.59 Å². The van der Waals surface area contributed by atoms with Gasteiger partial charge in [0.05, 0.1) is 5.69 Å². The number of hydrogen-bond acceptors (Lipinski definition) is 4. The van der Waals surface area contributed by atoms with Crippen molar-refractivity contribution in [3.8, 4) is 5.75 Å². The molecule has 2 N–H and O–H groups in total. The van der Waals surface area contributed by atoms with Crippen molar-refractivity contribution in [1.82, 2.24) is 0 Å².